The van der Waals surface area contributed by atoms with E-state index in [1.807, 2.05) is 0 Å². The van der Waals surface area contributed by atoms with Crippen LogP contribution in [0.15, 0.2) is 60.8 Å². The summed E-state index contributed by atoms with van der Waals surface area (Å²) in [6.45, 7) is 5.21. The van der Waals surface area contributed by atoms with Crippen LogP contribution in [-0.4, -0.2) is 37.0 Å². The zero-order valence-electron chi connectivity index (χ0n) is 36.7. The summed E-state index contributed by atoms with van der Waals surface area (Å²) < 4.78 is 11.2. The molecule has 0 saturated heterocycles. The largest absolute Gasteiger partial charge is 0.457 e. The lowest BCUT2D eigenvalue weighted by molar-refractivity contribution is -0.154. The number of allylic oxidation sites excluding steroid dienone is 10. The van der Waals surface area contributed by atoms with Crippen LogP contribution in [0.1, 0.15) is 232 Å². The van der Waals surface area contributed by atoms with Gasteiger partial charge in [0.05, 0.1) is 13.2 Å². The van der Waals surface area contributed by atoms with Crippen LogP contribution in [0.5, 0.6) is 0 Å². The Labute approximate surface area is 343 Å². The van der Waals surface area contributed by atoms with Gasteiger partial charge in [-0.1, -0.05) is 209 Å². The SMILES string of the molecule is CC/C=C\C/C=C\C/C=C\C/C=C\CCCCCCCOCC(CO)OC(=O)CCCCCCCCCCCCCCC/C=C\CCCCCCCCCC. The molecule has 0 fully saturated rings. The molecule has 0 aliphatic carbocycles. The number of ether oxygens (including phenoxy) is 2. The molecule has 0 bridgehead atoms. The van der Waals surface area contributed by atoms with Gasteiger partial charge in [0.1, 0.15) is 6.10 Å². The number of rotatable bonds is 44. The second-order valence-corrected chi connectivity index (χ2v) is 15.8. The van der Waals surface area contributed by atoms with E-state index >= 15 is 0 Å². The lowest BCUT2D eigenvalue weighted by Crippen LogP contribution is -2.27. The first-order valence-electron chi connectivity index (χ1n) is 23.9. The lowest BCUT2D eigenvalue weighted by Gasteiger charge is -2.15. The monoisotopic (exact) mass is 769 g/mol. The van der Waals surface area contributed by atoms with Gasteiger partial charge in [-0.05, 0) is 77.0 Å². The number of hydrogen-bond donors (Lipinski definition) is 1. The summed E-state index contributed by atoms with van der Waals surface area (Å²) in [6.07, 6.45) is 64.4. The van der Waals surface area contributed by atoms with Crippen molar-refractivity contribution in [2.45, 2.75) is 238 Å². The van der Waals surface area contributed by atoms with Crippen LogP contribution in [0.2, 0.25) is 0 Å². The summed E-state index contributed by atoms with van der Waals surface area (Å²) in [4.78, 5) is 12.2. The molecule has 320 valence electrons. The molecule has 1 unspecified atom stereocenters. The summed E-state index contributed by atoms with van der Waals surface area (Å²) >= 11 is 0. The van der Waals surface area contributed by atoms with Crippen molar-refractivity contribution < 1.29 is 19.4 Å². The number of hydrogen-bond acceptors (Lipinski definition) is 4. The van der Waals surface area contributed by atoms with Gasteiger partial charge < -0.3 is 14.6 Å². The third-order valence-electron chi connectivity index (χ3n) is 10.3. The molecule has 0 radical (unpaired) electrons. The van der Waals surface area contributed by atoms with Crippen LogP contribution in [-0.2, 0) is 14.3 Å². The summed E-state index contributed by atoms with van der Waals surface area (Å²) in [5.74, 6) is -0.207. The van der Waals surface area contributed by atoms with Gasteiger partial charge in [-0.2, -0.15) is 0 Å². The maximum Gasteiger partial charge on any atom is 0.306 e. The Hall–Kier alpha value is -1.91. The minimum atomic E-state index is -0.546. The first-order valence-corrected chi connectivity index (χ1v) is 23.9. The maximum atomic E-state index is 12.2. The molecule has 0 amide bonds. The highest BCUT2D eigenvalue weighted by Gasteiger charge is 2.13. The molecule has 0 aliphatic heterocycles. The molecule has 0 spiro atoms. The predicted octanol–water partition coefficient (Wildman–Crippen LogP) is 16.0. The highest BCUT2D eigenvalue weighted by molar-refractivity contribution is 5.69. The standard InChI is InChI=1S/C51H92O4/c1-3-5-7-9-11-13-15-17-19-21-23-24-25-26-27-28-29-30-32-34-36-38-40-42-44-46-51(53)55-50(48-52)49-54-47-45-43-41-39-37-35-33-31-22-20-18-16-14-12-10-8-6-4-2/h6,8,12,14,18,20-21,23,31,33,50,52H,3-5,7,9-11,13,15-17,19,22,24-30,32,34-49H2,1-2H3/b8-6-,14-12-,20-18-,23-21-,33-31-. The van der Waals surface area contributed by atoms with E-state index in [0.29, 0.717) is 13.0 Å². The van der Waals surface area contributed by atoms with Gasteiger partial charge >= 0.3 is 5.97 Å². The molecule has 55 heavy (non-hydrogen) atoms. The van der Waals surface area contributed by atoms with Crippen molar-refractivity contribution in [2.75, 3.05) is 19.8 Å². The minimum Gasteiger partial charge on any atom is -0.457 e. The van der Waals surface area contributed by atoms with E-state index in [9.17, 15) is 9.90 Å². The fourth-order valence-electron chi connectivity index (χ4n) is 6.79. The molecule has 0 aliphatic rings. The molecule has 0 aromatic rings. The molecule has 0 aromatic carbocycles. The summed E-state index contributed by atoms with van der Waals surface area (Å²) in [7, 11) is 0. The first-order chi connectivity index (χ1) is 27.2. The fourth-order valence-corrected chi connectivity index (χ4v) is 6.79. The normalized spacial score (nSPS) is 12.9. The summed E-state index contributed by atoms with van der Waals surface area (Å²) in [6, 6.07) is 0. The number of aliphatic hydroxyl groups excluding tert-OH is 1. The minimum absolute atomic E-state index is 0.180. The van der Waals surface area contributed by atoms with Gasteiger partial charge in [-0.25, -0.2) is 0 Å². The Kier molecular flexibility index (Phi) is 46.6. The van der Waals surface area contributed by atoms with E-state index in [1.165, 1.54) is 154 Å². The topological polar surface area (TPSA) is 55.8 Å². The molecule has 0 aromatic heterocycles. The average Bonchev–Trinajstić information content (AvgIpc) is 3.19. The Balaban J connectivity index is 3.43. The molecule has 1 N–H and O–H groups in total. The van der Waals surface area contributed by atoms with Gasteiger partial charge in [-0.15, -0.1) is 0 Å². The van der Waals surface area contributed by atoms with E-state index in [4.69, 9.17) is 9.47 Å². The Morgan fingerprint density at radius 2 is 0.818 bits per heavy atom. The van der Waals surface area contributed by atoms with Crippen molar-refractivity contribution in [3.63, 3.8) is 0 Å². The van der Waals surface area contributed by atoms with E-state index in [0.717, 1.165) is 57.8 Å². The highest BCUT2D eigenvalue weighted by Crippen LogP contribution is 2.15. The number of carbonyl (C=O) groups is 1. The van der Waals surface area contributed by atoms with Gasteiger partial charge in [0.2, 0.25) is 0 Å². The second kappa shape index (κ2) is 48.2. The number of aliphatic hydroxyl groups is 1. The zero-order valence-corrected chi connectivity index (χ0v) is 36.7. The van der Waals surface area contributed by atoms with Crippen molar-refractivity contribution in [3.05, 3.63) is 60.8 Å². The van der Waals surface area contributed by atoms with Crippen molar-refractivity contribution in [3.8, 4) is 0 Å². The predicted molar refractivity (Wildman–Crippen MR) is 242 cm³/mol. The number of esters is 1. The molecule has 4 heteroatoms. The van der Waals surface area contributed by atoms with Crippen molar-refractivity contribution >= 4 is 5.97 Å². The number of carbonyl (C=O) groups excluding carboxylic acids is 1. The van der Waals surface area contributed by atoms with Crippen LogP contribution < -0.4 is 0 Å². The molecule has 1 atom stereocenters. The van der Waals surface area contributed by atoms with Gasteiger partial charge in [-0.3, -0.25) is 4.79 Å². The fraction of sp³-hybridized carbons (Fsp3) is 0.784. The maximum absolute atomic E-state index is 12.2. The Bertz CT molecular complexity index is 900. The first kappa shape index (κ1) is 53.1. The van der Waals surface area contributed by atoms with Gasteiger partial charge in [0.25, 0.3) is 0 Å². The quantitative estimate of drug-likeness (QED) is 0.0381. The van der Waals surface area contributed by atoms with E-state index in [1.54, 1.807) is 0 Å². The van der Waals surface area contributed by atoms with Crippen LogP contribution in [0.3, 0.4) is 0 Å². The molecule has 4 nitrogen and oxygen atoms in total. The lowest BCUT2D eigenvalue weighted by atomic mass is 10.0. The van der Waals surface area contributed by atoms with E-state index in [-0.39, 0.29) is 19.2 Å². The third kappa shape index (κ3) is 46.4. The summed E-state index contributed by atoms with van der Waals surface area (Å²) in [5.41, 5.74) is 0. The third-order valence-corrected chi connectivity index (χ3v) is 10.3. The zero-order chi connectivity index (χ0) is 39.8. The van der Waals surface area contributed by atoms with Gasteiger partial charge in [0.15, 0.2) is 0 Å². The van der Waals surface area contributed by atoms with E-state index in [2.05, 4.69) is 74.6 Å². The second-order valence-electron chi connectivity index (χ2n) is 15.8. The van der Waals surface area contributed by atoms with Crippen molar-refractivity contribution in [2.24, 2.45) is 0 Å². The van der Waals surface area contributed by atoms with Gasteiger partial charge in [0, 0.05) is 13.0 Å². The van der Waals surface area contributed by atoms with Crippen LogP contribution in [0.25, 0.3) is 0 Å². The van der Waals surface area contributed by atoms with Crippen molar-refractivity contribution in [1.82, 2.24) is 0 Å². The van der Waals surface area contributed by atoms with Crippen LogP contribution in [0.4, 0.5) is 0 Å². The Morgan fingerprint density at radius 1 is 0.455 bits per heavy atom. The summed E-state index contributed by atoms with van der Waals surface area (Å²) in [5, 5.41) is 9.63. The van der Waals surface area contributed by atoms with E-state index < -0.39 is 6.10 Å². The van der Waals surface area contributed by atoms with Crippen LogP contribution >= 0.6 is 0 Å². The smallest absolute Gasteiger partial charge is 0.306 e. The molecular formula is C51H92O4. The Morgan fingerprint density at radius 3 is 1.25 bits per heavy atom. The molecule has 0 rings (SSSR count). The van der Waals surface area contributed by atoms with Crippen LogP contribution in [0, 0.1) is 0 Å². The van der Waals surface area contributed by atoms with Crippen molar-refractivity contribution in [1.29, 1.82) is 0 Å². The molecule has 0 saturated carbocycles. The number of unbranched alkanes of at least 4 members (excludes halogenated alkanes) is 26. The molecule has 0 heterocycles. The highest BCUT2D eigenvalue weighted by atomic mass is 16.6. The molecular weight excluding hydrogens is 677 g/mol. The average molecular weight is 769 g/mol.